The van der Waals surface area contributed by atoms with Crippen LogP contribution >= 0.6 is 11.6 Å². The summed E-state index contributed by atoms with van der Waals surface area (Å²) in [6.45, 7) is 7.20. The van der Waals surface area contributed by atoms with Gasteiger partial charge in [0.15, 0.2) is 5.82 Å². The molecule has 4 aromatic carbocycles. The van der Waals surface area contributed by atoms with Crippen molar-refractivity contribution in [2.45, 2.75) is 52.1 Å². The summed E-state index contributed by atoms with van der Waals surface area (Å²) < 4.78 is 80.5. The van der Waals surface area contributed by atoms with E-state index in [9.17, 15) is 0 Å². The van der Waals surface area contributed by atoms with Gasteiger partial charge >= 0.3 is 12.2 Å². The molecule has 10 nitrogen and oxygen atoms in total. The molecule has 1 fully saturated rings. The summed E-state index contributed by atoms with van der Waals surface area (Å²) in [5.74, 6) is 1.33. The van der Waals surface area contributed by atoms with Crippen molar-refractivity contribution in [1.82, 2.24) is 25.2 Å². The number of benzene rings is 4. The highest BCUT2D eigenvalue weighted by molar-refractivity contribution is 6.34. The molecule has 0 bridgehead atoms. The summed E-state index contributed by atoms with van der Waals surface area (Å²) in [6, 6.07) is 23.1. The van der Waals surface area contributed by atoms with Crippen LogP contribution in [0.2, 0.25) is 5.02 Å². The van der Waals surface area contributed by atoms with E-state index in [1.165, 1.54) is 19.1 Å². The van der Waals surface area contributed by atoms with E-state index in [0.29, 0.717) is 42.7 Å². The van der Waals surface area contributed by atoms with E-state index in [1.54, 1.807) is 14.2 Å². The second-order valence-corrected chi connectivity index (χ2v) is 16.0. The van der Waals surface area contributed by atoms with E-state index < -0.39 is 28.8 Å². The third kappa shape index (κ3) is 8.75. The fourth-order valence-electron chi connectivity index (χ4n) is 8.18. The van der Waals surface area contributed by atoms with Gasteiger partial charge in [-0.05, 0) is 92.0 Å². The van der Waals surface area contributed by atoms with Crippen LogP contribution in [0.4, 0.5) is 29.2 Å². The Morgan fingerprint density at radius 3 is 2.20 bits per heavy atom. The molecule has 6 aromatic rings. The van der Waals surface area contributed by atoms with Gasteiger partial charge in [0, 0.05) is 62.8 Å². The number of piperazine rings is 1. The number of nitrogens with one attached hydrogen (secondary N) is 1. The maximum absolute atomic E-state index is 17.7. The first-order chi connectivity index (χ1) is 29.3. The predicted octanol–water partition coefficient (Wildman–Crippen LogP) is 9.61. The molecule has 0 saturated carbocycles. The number of likely N-dealkylation sites (N-methyl/N-ethyl adjacent to an activating group) is 1. The standard InChI is InChI=1S/C46H46ClF4N7O3/c1-27-21-38(57(24-29-9-13-32(59-4)14-10-29)25-30-11-15-33(60-5)16-12-30)53-43(40(27)46(49,50)51)39-36(47)22-35-42(41(39)48)54-45(55-44(35)58-20-18-52-23-28(58)2)61-37-8-6-7-31-26-56(3)19-17-34(31)37/h6-16,21-22,28,52H,17-20,23-26H2,1-5H3/t28-/m0/s1. The third-order valence-electron chi connectivity index (χ3n) is 11.3. The molecule has 1 atom stereocenters. The van der Waals surface area contributed by atoms with Crippen LogP contribution in [-0.2, 0) is 32.2 Å². The second-order valence-electron chi connectivity index (χ2n) is 15.6. The van der Waals surface area contributed by atoms with Crippen molar-refractivity contribution < 1.29 is 31.8 Å². The Bertz CT molecular complexity index is 2510. The number of hydrogen-bond acceptors (Lipinski definition) is 10. The van der Waals surface area contributed by atoms with E-state index in [4.69, 9.17) is 30.8 Å². The smallest absolute Gasteiger partial charge is 0.418 e. The monoisotopic (exact) mass is 855 g/mol. The first-order valence-electron chi connectivity index (χ1n) is 20.1. The van der Waals surface area contributed by atoms with Crippen LogP contribution in [0.15, 0.2) is 78.9 Å². The molecule has 0 amide bonds. The van der Waals surface area contributed by atoms with E-state index in [-0.39, 0.29) is 52.4 Å². The quantitative estimate of drug-likeness (QED) is 0.127. The molecular weight excluding hydrogens is 810 g/mol. The number of rotatable bonds is 11. The summed E-state index contributed by atoms with van der Waals surface area (Å²) in [5, 5.41) is 3.33. The Hall–Kier alpha value is -5.70. The average Bonchev–Trinajstić information content (AvgIpc) is 3.23. The summed E-state index contributed by atoms with van der Waals surface area (Å²) >= 11 is 6.97. The Balaban J connectivity index is 1.31. The van der Waals surface area contributed by atoms with Gasteiger partial charge in [-0.1, -0.05) is 48.0 Å². The lowest BCUT2D eigenvalue weighted by Gasteiger charge is -2.35. The first kappa shape index (κ1) is 42.0. The van der Waals surface area contributed by atoms with Gasteiger partial charge in [-0.3, -0.25) is 0 Å². The Morgan fingerprint density at radius 1 is 0.902 bits per heavy atom. The number of hydrogen-bond donors (Lipinski definition) is 1. The fourth-order valence-corrected chi connectivity index (χ4v) is 8.46. The van der Waals surface area contributed by atoms with Gasteiger partial charge in [-0.2, -0.15) is 23.1 Å². The SMILES string of the molecule is COc1ccc(CN(Cc2ccc(OC)cc2)c2cc(C)c(C(F)(F)F)c(-c3c(Cl)cc4c(N5CCNC[C@@H]5C)nc(Oc5cccc6c5CCN(C)C6)nc4c3F)n2)cc1. The number of nitrogens with zero attached hydrogens (tertiary/aromatic N) is 6. The number of aromatic nitrogens is 3. The third-order valence-corrected chi connectivity index (χ3v) is 11.6. The highest BCUT2D eigenvalue weighted by Gasteiger charge is 2.39. The van der Waals surface area contributed by atoms with E-state index in [1.807, 2.05) is 90.5 Å². The molecule has 0 aliphatic carbocycles. The lowest BCUT2D eigenvalue weighted by Crippen LogP contribution is -2.50. The van der Waals surface area contributed by atoms with Crippen molar-refractivity contribution in [2.24, 2.45) is 0 Å². The molecule has 1 N–H and O–H groups in total. The van der Waals surface area contributed by atoms with Gasteiger partial charge in [-0.15, -0.1) is 0 Å². The normalized spacial score (nSPS) is 15.8. The average molecular weight is 856 g/mol. The largest absolute Gasteiger partial charge is 0.497 e. The zero-order valence-corrected chi connectivity index (χ0v) is 35.3. The van der Waals surface area contributed by atoms with Crippen LogP contribution in [-0.4, -0.2) is 73.3 Å². The lowest BCUT2D eigenvalue weighted by atomic mass is 9.98. The number of aryl methyl sites for hydroxylation is 1. The maximum atomic E-state index is 17.7. The molecule has 0 unspecified atom stereocenters. The summed E-state index contributed by atoms with van der Waals surface area (Å²) in [7, 11) is 5.18. The number of ether oxygens (including phenoxy) is 3. The molecule has 61 heavy (non-hydrogen) atoms. The van der Waals surface area contributed by atoms with Crippen molar-refractivity contribution >= 4 is 34.1 Å². The fraction of sp³-hybridized carbons (Fsp3) is 0.326. The molecule has 0 radical (unpaired) electrons. The minimum atomic E-state index is -4.92. The van der Waals surface area contributed by atoms with Gasteiger partial charge in [-0.25, -0.2) is 9.37 Å². The van der Waals surface area contributed by atoms with Crippen LogP contribution in [0, 0.1) is 12.7 Å². The van der Waals surface area contributed by atoms with E-state index in [2.05, 4.69) is 20.2 Å². The Labute approximate surface area is 357 Å². The van der Waals surface area contributed by atoms with Crippen molar-refractivity contribution in [3.8, 4) is 34.5 Å². The number of alkyl halides is 3. The zero-order chi connectivity index (χ0) is 43.0. The number of fused-ring (bicyclic) bond motifs is 2. The van der Waals surface area contributed by atoms with Gasteiger partial charge in [0.1, 0.15) is 34.4 Å². The van der Waals surface area contributed by atoms with Gasteiger partial charge < -0.3 is 34.2 Å². The van der Waals surface area contributed by atoms with Crippen molar-refractivity contribution in [3.05, 3.63) is 123 Å². The molecule has 0 spiro atoms. The predicted molar refractivity (Wildman–Crippen MR) is 230 cm³/mol. The topological polar surface area (TPSA) is 88.1 Å². The first-order valence-corrected chi connectivity index (χ1v) is 20.4. The number of methoxy groups -OCH3 is 2. The highest BCUT2D eigenvalue weighted by Crippen LogP contribution is 2.46. The minimum absolute atomic E-state index is 0.0681. The van der Waals surface area contributed by atoms with Gasteiger partial charge in [0.2, 0.25) is 0 Å². The molecule has 4 heterocycles. The highest BCUT2D eigenvalue weighted by atomic mass is 35.5. The minimum Gasteiger partial charge on any atom is -0.497 e. The maximum Gasteiger partial charge on any atom is 0.418 e. The molecule has 2 aliphatic rings. The van der Waals surface area contributed by atoms with Crippen molar-refractivity contribution in [1.29, 1.82) is 0 Å². The van der Waals surface area contributed by atoms with Crippen LogP contribution < -0.4 is 29.3 Å². The molecule has 8 rings (SSSR count). The number of anilines is 2. The lowest BCUT2D eigenvalue weighted by molar-refractivity contribution is -0.137. The summed E-state index contributed by atoms with van der Waals surface area (Å²) in [6.07, 6.45) is -4.20. The van der Waals surface area contributed by atoms with Crippen LogP contribution in [0.25, 0.3) is 22.2 Å². The molecule has 2 aliphatic heterocycles. The second kappa shape index (κ2) is 17.3. The molecule has 15 heteroatoms. The van der Waals surface area contributed by atoms with Gasteiger partial charge in [0.05, 0.1) is 36.1 Å². The van der Waals surface area contributed by atoms with Crippen LogP contribution in [0.5, 0.6) is 23.3 Å². The summed E-state index contributed by atoms with van der Waals surface area (Å²) in [5.41, 5.74) is 1.11. The van der Waals surface area contributed by atoms with Crippen molar-refractivity contribution in [2.75, 3.05) is 57.2 Å². The Morgan fingerprint density at radius 2 is 1.57 bits per heavy atom. The van der Waals surface area contributed by atoms with Crippen LogP contribution in [0.3, 0.4) is 0 Å². The van der Waals surface area contributed by atoms with E-state index >= 15 is 17.6 Å². The molecular formula is C46H46ClF4N7O3. The van der Waals surface area contributed by atoms with Crippen molar-refractivity contribution in [3.63, 3.8) is 0 Å². The number of halogens is 5. The van der Waals surface area contributed by atoms with Crippen LogP contribution in [0.1, 0.15) is 40.3 Å². The molecule has 318 valence electrons. The van der Waals surface area contributed by atoms with E-state index in [0.717, 1.165) is 41.8 Å². The molecule has 1 saturated heterocycles. The van der Waals surface area contributed by atoms with Gasteiger partial charge in [0.25, 0.3) is 0 Å². The number of pyridine rings is 1. The Kier molecular flexibility index (Phi) is 11.9. The molecule has 2 aromatic heterocycles. The summed E-state index contributed by atoms with van der Waals surface area (Å²) in [4.78, 5) is 20.2. The zero-order valence-electron chi connectivity index (χ0n) is 34.5.